The first-order chi connectivity index (χ1) is 11.8. The highest BCUT2D eigenvalue weighted by Gasteiger charge is 2.22. The average Bonchev–Trinajstić information content (AvgIpc) is 3.07. The Balaban J connectivity index is 1.49. The molecule has 0 bridgehead atoms. The van der Waals surface area contributed by atoms with Gasteiger partial charge in [0.1, 0.15) is 17.2 Å². The number of hydrogen-bond acceptors (Lipinski definition) is 6. The van der Waals surface area contributed by atoms with E-state index in [0.717, 1.165) is 54.6 Å². The molecule has 1 aliphatic heterocycles. The zero-order valence-electron chi connectivity index (χ0n) is 13.6. The van der Waals surface area contributed by atoms with E-state index in [9.17, 15) is 0 Å². The van der Waals surface area contributed by atoms with Crippen LogP contribution >= 0.6 is 11.8 Å². The third kappa shape index (κ3) is 2.97. The molecule has 0 amide bonds. The summed E-state index contributed by atoms with van der Waals surface area (Å²) in [5.74, 6) is 0.998. The molecule has 0 spiro atoms. The minimum absolute atomic E-state index is 0.816. The van der Waals surface area contributed by atoms with E-state index < -0.39 is 0 Å². The highest BCUT2D eigenvalue weighted by molar-refractivity contribution is 7.98. The van der Waals surface area contributed by atoms with Crippen LogP contribution in [0.3, 0.4) is 0 Å². The molecule has 6 nitrogen and oxygen atoms in total. The number of thioether (sulfide) groups is 1. The molecule has 0 aliphatic carbocycles. The predicted molar refractivity (Wildman–Crippen MR) is 97.4 cm³/mol. The minimum Gasteiger partial charge on any atom is -0.353 e. The second-order valence-corrected chi connectivity index (χ2v) is 6.70. The van der Waals surface area contributed by atoms with E-state index in [0.29, 0.717) is 0 Å². The molecule has 4 rings (SSSR count). The van der Waals surface area contributed by atoms with Crippen LogP contribution < -0.4 is 4.90 Å². The summed E-state index contributed by atoms with van der Waals surface area (Å²) in [5, 5.41) is 9.35. The van der Waals surface area contributed by atoms with Crippen molar-refractivity contribution >= 4 is 28.6 Å². The highest BCUT2D eigenvalue weighted by atomic mass is 32.2. The van der Waals surface area contributed by atoms with Crippen molar-refractivity contribution in [3.8, 4) is 0 Å². The molecule has 1 N–H and O–H groups in total. The maximum Gasteiger partial charge on any atom is 0.161 e. The lowest BCUT2D eigenvalue weighted by atomic mass is 10.2. The maximum absolute atomic E-state index is 4.54. The average molecular weight is 340 g/mol. The second-order valence-electron chi connectivity index (χ2n) is 5.90. The molecular weight excluding hydrogens is 320 g/mol. The number of fused-ring (bicyclic) bond motifs is 1. The topological polar surface area (TPSA) is 60.9 Å². The van der Waals surface area contributed by atoms with Gasteiger partial charge in [0.05, 0.1) is 5.39 Å². The largest absolute Gasteiger partial charge is 0.353 e. The quantitative estimate of drug-likeness (QED) is 0.736. The van der Waals surface area contributed by atoms with Gasteiger partial charge in [0.2, 0.25) is 0 Å². The van der Waals surface area contributed by atoms with Gasteiger partial charge in [-0.1, -0.05) is 30.3 Å². The number of hydrogen-bond donors (Lipinski definition) is 1. The van der Waals surface area contributed by atoms with Crippen LogP contribution in [0.15, 0.2) is 41.7 Å². The van der Waals surface area contributed by atoms with Crippen LogP contribution in [0.5, 0.6) is 0 Å². The SMILES string of the molecule is CSc1n[nH]c2ncnc(N3CCN(Cc4ccccc4)CC3)c12. The number of rotatable bonds is 4. The zero-order chi connectivity index (χ0) is 16.4. The first-order valence-corrected chi connectivity index (χ1v) is 9.32. The number of anilines is 1. The van der Waals surface area contributed by atoms with Gasteiger partial charge in [-0.3, -0.25) is 10.00 Å². The molecule has 2 aromatic heterocycles. The molecule has 3 heterocycles. The van der Waals surface area contributed by atoms with Crippen LogP contribution in [0.1, 0.15) is 5.56 Å². The molecular formula is C17H20N6S. The summed E-state index contributed by atoms with van der Waals surface area (Å²) in [6, 6.07) is 10.7. The van der Waals surface area contributed by atoms with Gasteiger partial charge in [0, 0.05) is 32.7 Å². The summed E-state index contributed by atoms with van der Waals surface area (Å²) in [4.78, 5) is 13.7. The van der Waals surface area contributed by atoms with Crippen molar-refractivity contribution in [3.63, 3.8) is 0 Å². The molecule has 7 heteroatoms. The Morgan fingerprint density at radius 3 is 2.62 bits per heavy atom. The Hall–Kier alpha value is -2.12. The van der Waals surface area contributed by atoms with Crippen LogP contribution in [-0.2, 0) is 6.54 Å². The Morgan fingerprint density at radius 2 is 1.88 bits per heavy atom. The number of aromatic amines is 1. The first-order valence-electron chi connectivity index (χ1n) is 8.09. The smallest absolute Gasteiger partial charge is 0.161 e. The molecule has 0 atom stereocenters. The van der Waals surface area contributed by atoms with Gasteiger partial charge in [0.25, 0.3) is 0 Å². The van der Waals surface area contributed by atoms with Gasteiger partial charge in [-0.2, -0.15) is 5.10 Å². The fraction of sp³-hybridized carbons (Fsp3) is 0.353. The van der Waals surface area contributed by atoms with Gasteiger partial charge in [0.15, 0.2) is 5.65 Å². The minimum atomic E-state index is 0.816. The van der Waals surface area contributed by atoms with E-state index in [1.54, 1.807) is 18.1 Å². The third-order valence-corrected chi connectivity index (χ3v) is 5.10. The van der Waals surface area contributed by atoms with Crippen LogP contribution in [0, 0.1) is 0 Å². The molecule has 0 radical (unpaired) electrons. The van der Waals surface area contributed by atoms with Gasteiger partial charge in [-0.15, -0.1) is 11.8 Å². The van der Waals surface area contributed by atoms with Gasteiger partial charge < -0.3 is 4.90 Å². The van der Waals surface area contributed by atoms with Gasteiger partial charge in [-0.05, 0) is 11.8 Å². The van der Waals surface area contributed by atoms with Crippen LogP contribution in [0.25, 0.3) is 11.0 Å². The van der Waals surface area contributed by atoms with Crippen molar-refractivity contribution in [2.24, 2.45) is 0 Å². The van der Waals surface area contributed by atoms with E-state index in [4.69, 9.17) is 0 Å². The van der Waals surface area contributed by atoms with Crippen molar-refractivity contribution < 1.29 is 0 Å². The molecule has 0 saturated carbocycles. The number of aromatic nitrogens is 4. The Labute approximate surface area is 145 Å². The number of piperazine rings is 1. The summed E-state index contributed by atoms with van der Waals surface area (Å²) in [7, 11) is 0. The van der Waals surface area contributed by atoms with Crippen molar-refractivity contribution in [2.75, 3.05) is 37.3 Å². The third-order valence-electron chi connectivity index (χ3n) is 4.42. The van der Waals surface area contributed by atoms with E-state index in [1.165, 1.54) is 5.56 Å². The molecule has 124 valence electrons. The van der Waals surface area contributed by atoms with Crippen molar-refractivity contribution in [2.45, 2.75) is 11.6 Å². The molecule has 24 heavy (non-hydrogen) atoms. The normalized spacial score (nSPS) is 16.0. The molecule has 0 unspecified atom stereocenters. The van der Waals surface area contributed by atoms with Crippen LogP contribution in [0.2, 0.25) is 0 Å². The molecule has 3 aromatic rings. The van der Waals surface area contributed by atoms with Crippen LogP contribution in [0.4, 0.5) is 5.82 Å². The van der Waals surface area contributed by atoms with Crippen LogP contribution in [-0.4, -0.2) is 57.5 Å². The number of benzene rings is 1. The molecule has 1 aliphatic rings. The highest BCUT2D eigenvalue weighted by Crippen LogP contribution is 2.30. The monoisotopic (exact) mass is 340 g/mol. The van der Waals surface area contributed by atoms with Crippen molar-refractivity contribution in [3.05, 3.63) is 42.2 Å². The van der Waals surface area contributed by atoms with Gasteiger partial charge in [-0.25, -0.2) is 9.97 Å². The summed E-state index contributed by atoms with van der Waals surface area (Å²) in [5.41, 5.74) is 2.19. The maximum atomic E-state index is 4.54. The van der Waals surface area contributed by atoms with Crippen molar-refractivity contribution in [1.29, 1.82) is 0 Å². The van der Waals surface area contributed by atoms with E-state index in [1.807, 2.05) is 6.26 Å². The summed E-state index contributed by atoms with van der Waals surface area (Å²) in [6.45, 7) is 5.02. The van der Waals surface area contributed by atoms with E-state index >= 15 is 0 Å². The number of H-pyrrole nitrogens is 1. The van der Waals surface area contributed by atoms with E-state index in [-0.39, 0.29) is 0 Å². The lowest BCUT2D eigenvalue weighted by Gasteiger charge is -2.35. The first kappa shape index (κ1) is 15.4. The predicted octanol–water partition coefficient (Wildman–Crippen LogP) is 2.40. The summed E-state index contributed by atoms with van der Waals surface area (Å²) < 4.78 is 0. The molecule has 1 aromatic carbocycles. The Kier molecular flexibility index (Phi) is 4.36. The fourth-order valence-electron chi connectivity index (χ4n) is 3.16. The zero-order valence-corrected chi connectivity index (χ0v) is 14.5. The molecule has 1 saturated heterocycles. The van der Waals surface area contributed by atoms with E-state index in [2.05, 4.69) is 60.3 Å². The fourth-order valence-corrected chi connectivity index (χ4v) is 3.69. The lowest BCUT2D eigenvalue weighted by molar-refractivity contribution is 0.249. The molecule has 1 fully saturated rings. The Morgan fingerprint density at radius 1 is 1.08 bits per heavy atom. The Bertz CT molecular complexity index is 810. The lowest BCUT2D eigenvalue weighted by Crippen LogP contribution is -2.46. The standard InChI is InChI=1S/C17H20N6S/c1-24-17-14-15(20-21-17)18-12-19-16(14)23-9-7-22(8-10-23)11-13-5-3-2-4-6-13/h2-6,12H,7-11H2,1H3,(H,18,19,20,21). The number of nitrogens with one attached hydrogen (secondary N) is 1. The number of nitrogens with zero attached hydrogens (tertiary/aromatic N) is 5. The summed E-state index contributed by atoms with van der Waals surface area (Å²) in [6.07, 6.45) is 3.65. The van der Waals surface area contributed by atoms with Gasteiger partial charge >= 0.3 is 0 Å². The second kappa shape index (κ2) is 6.78. The van der Waals surface area contributed by atoms with Crippen molar-refractivity contribution in [1.82, 2.24) is 25.1 Å². The summed E-state index contributed by atoms with van der Waals surface area (Å²) >= 11 is 1.63.